The van der Waals surface area contributed by atoms with Crippen molar-refractivity contribution in [2.75, 3.05) is 76.4 Å². The van der Waals surface area contributed by atoms with Crippen molar-refractivity contribution in [2.24, 2.45) is 4.99 Å². The van der Waals surface area contributed by atoms with Crippen molar-refractivity contribution in [1.82, 2.24) is 10.2 Å². The molecule has 0 aromatic heterocycles. The number of rotatable bonds is 5. The highest BCUT2D eigenvalue weighted by Crippen LogP contribution is 2.22. The van der Waals surface area contributed by atoms with Crippen LogP contribution in [0.15, 0.2) is 47.5 Å². The van der Waals surface area contributed by atoms with Crippen LogP contribution in [0.5, 0.6) is 5.75 Å². The molecule has 2 aromatic carbocycles. The van der Waals surface area contributed by atoms with Crippen LogP contribution in [-0.4, -0.2) is 77.5 Å². The lowest BCUT2D eigenvalue weighted by Gasteiger charge is -2.37. The number of guanidine groups is 1. The first-order valence-electron chi connectivity index (χ1n) is 11.1. The highest BCUT2D eigenvalue weighted by Gasteiger charge is 2.20. The maximum Gasteiger partial charge on any atom is 0.194 e. The zero-order valence-electron chi connectivity index (χ0n) is 19.3. The van der Waals surface area contributed by atoms with E-state index in [0.29, 0.717) is 25.4 Å². The second-order valence-electron chi connectivity index (χ2n) is 7.96. The summed E-state index contributed by atoms with van der Waals surface area (Å²) in [5, 5.41) is 3.39. The van der Waals surface area contributed by atoms with Crippen LogP contribution >= 0.6 is 24.0 Å². The number of morpholine rings is 1. The molecule has 0 atom stereocenters. The van der Waals surface area contributed by atoms with Crippen molar-refractivity contribution >= 4 is 41.3 Å². The fraction of sp³-hybridized carbons (Fsp3) is 0.458. The first kappa shape index (κ1) is 25.4. The average molecular weight is 569 g/mol. The van der Waals surface area contributed by atoms with Gasteiger partial charge >= 0.3 is 0 Å². The topological polar surface area (TPSA) is 52.6 Å². The predicted molar refractivity (Wildman–Crippen MR) is 142 cm³/mol. The van der Waals surface area contributed by atoms with Crippen molar-refractivity contribution in [2.45, 2.75) is 6.54 Å². The lowest BCUT2D eigenvalue weighted by molar-refractivity contribution is 0.122. The fourth-order valence-corrected chi connectivity index (χ4v) is 4.20. The number of nitrogens with one attached hydrogen (secondary N) is 1. The molecule has 0 spiro atoms. The Morgan fingerprint density at radius 1 is 1.00 bits per heavy atom. The maximum absolute atomic E-state index is 14.7. The molecule has 0 amide bonds. The van der Waals surface area contributed by atoms with Gasteiger partial charge in [0.15, 0.2) is 5.96 Å². The first-order valence-corrected chi connectivity index (χ1v) is 11.1. The van der Waals surface area contributed by atoms with Gasteiger partial charge in [-0.05, 0) is 42.0 Å². The summed E-state index contributed by atoms with van der Waals surface area (Å²) < 4.78 is 25.3. The second kappa shape index (κ2) is 12.3. The summed E-state index contributed by atoms with van der Waals surface area (Å²) in [6, 6.07) is 13.6. The van der Waals surface area contributed by atoms with Gasteiger partial charge in [0.2, 0.25) is 0 Å². The van der Waals surface area contributed by atoms with E-state index in [2.05, 4.69) is 32.2 Å². The minimum atomic E-state index is -0.186. The van der Waals surface area contributed by atoms with Gasteiger partial charge < -0.3 is 29.5 Å². The number of benzene rings is 2. The molecule has 4 rings (SSSR count). The van der Waals surface area contributed by atoms with Crippen LogP contribution in [0.3, 0.4) is 0 Å². The van der Waals surface area contributed by atoms with Crippen LogP contribution in [-0.2, 0) is 11.3 Å². The maximum atomic E-state index is 14.7. The third-order valence-corrected chi connectivity index (χ3v) is 6.04. The molecule has 0 radical (unpaired) electrons. The van der Waals surface area contributed by atoms with Crippen molar-refractivity contribution in [3.63, 3.8) is 0 Å². The Balaban J connectivity index is 0.00000306. The number of aliphatic imine (C=N–C) groups is 1. The molecule has 7 nitrogen and oxygen atoms in total. The van der Waals surface area contributed by atoms with Crippen LogP contribution < -0.4 is 19.9 Å². The molecule has 2 fully saturated rings. The summed E-state index contributed by atoms with van der Waals surface area (Å²) in [5.74, 6) is 1.53. The van der Waals surface area contributed by atoms with Crippen molar-refractivity contribution < 1.29 is 13.9 Å². The monoisotopic (exact) mass is 569 g/mol. The van der Waals surface area contributed by atoms with Gasteiger partial charge in [0, 0.05) is 58.5 Å². The van der Waals surface area contributed by atoms with E-state index in [9.17, 15) is 4.39 Å². The summed E-state index contributed by atoms with van der Waals surface area (Å²) in [6.45, 7) is 6.84. The van der Waals surface area contributed by atoms with E-state index in [0.717, 1.165) is 56.5 Å². The molecular weight excluding hydrogens is 536 g/mol. The van der Waals surface area contributed by atoms with E-state index in [-0.39, 0.29) is 29.8 Å². The average Bonchev–Trinajstić information content (AvgIpc) is 2.85. The molecule has 33 heavy (non-hydrogen) atoms. The third-order valence-electron chi connectivity index (χ3n) is 6.04. The molecule has 0 aliphatic carbocycles. The van der Waals surface area contributed by atoms with Crippen LogP contribution in [0.25, 0.3) is 0 Å². The lowest BCUT2D eigenvalue weighted by Crippen LogP contribution is -2.52. The largest absolute Gasteiger partial charge is 0.497 e. The number of hydrogen-bond donors (Lipinski definition) is 1. The number of methoxy groups -OCH3 is 1. The molecule has 2 aliphatic heterocycles. The second-order valence-corrected chi connectivity index (χ2v) is 7.96. The third kappa shape index (κ3) is 6.41. The highest BCUT2D eigenvalue weighted by molar-refractivity contribution is 14.0. The van der Waals surface area contributed by atoms with Gasteiger partial charge in [0.1, 0.15) is 11.6 Å². The fourth-order valence-electron chi connectivity index (χ4n) is 4.20. The van der Waals surface area contributed by atoms with Crippen LogP contribution in [0.2, 0.25) is 0 Å². The molecule has 0 bridgehead atoms. The van der Waals surface area contributed by atoms with Crippen molar-refractivity contribution in [3.05, 3.63) is 53.8 Å². The lowest BCUT2D eigenvalue weighted by atomic mass is 10.1. The summed E-state index contributed by atoms with van der Waals surface area (Å²) >= 11 is 0. The van der Waals surface area contributed by atoms with Gasteiger partial charge in [-0.15, -0.1) is 24.0 Å². The van der Waals surface area contributed by atoms with Gasteiger partial charge in [0.25, 0.3) is 0 Å². The Labute approximate surface area is 212 Å². The van der Waals surface area contributed by atoms with E-state index in [1.54, 1.807) is 20.2 Å². The molecule has 2 saturated heterocycles. The van der Waals surface area contributed by atoms with E-state index in [4.69, 9.17) is 9.47 Å². The minimum absolute atomic E-state index is 0. The molecule has 0 saturated carbocycles. The minimum Gasteiger partial charge on any atom is -0.497 e. The summed E-state index contributed by atoms with van der Waals surface area (Å²) in [7, 11) is 3.47. The zero-order chi connectivity index (χ0) is 22.3. The standard InChI is InChI=1S/C24H32FN5O2.HI/c1-26-24(30-11-9-28(10-12-30)20-4-6-21(31-2)7-5-20)27-18-19-3-8-23(22(25)17-19)29-13-15-32-16-14-29;/h3-8,17H,9-16,18H2,1-2H3,(H,26,27);1H. The Hall–Kier alpha value is -2.27. The number of piperazine rings is 1. The van der Waals surface area contributed by atoms with Gasteiger partial charge in [-0.1, -0.05) is 6.07 Å². The van der Waals surface area contributed by atoms with Crippen LogP contribution in [0, 0.1) is 5.82 Å². The molecule has 1 N–H and O–H groups in total. The smallest absolute Gasteiger partial charge is 0.194 e. The quantitative estimate of drug-likeness (QED) is 0.340. The zero-order valence-corrected chi connectivity index (χ0v) is 21.6. The molecular formula is C24H33FIN5O2. The Morgan fingerprint density at radius 3 is 2.30 bits per heavy atom. The predicted octanol–water partition coefficient (Wildman–Crippen LogP) is 3.19. The number of halogens is 2. The molecule has 0 unspecified atom stereocenters. The first-order chi connectivity index (χ1) is 15.7. The molecule has 2 aliphatic rings. The van der Waals surface area contributed by atoms with E-state index in [1.165, 1.54) is 5.69 Å². The Bertz CT molecular complexity index is 914. The molecule has 2 aromatic rings. The number of ether oxygens (including phenoxy) is 2. The van der Waals surface area contributed by atoms with E-state index < -0.39 is 0 Å². The molecule has 2 heterocycles. The van der Waals surface area contributed by atoms with Gasteiger partial charge in [0.05, 0.1) is 26.0 Å². The summed E-state index contributed by atoms with van der Waals surface area (Å²) in [5.41, 5.74) is 2.75. The Kier molecular flexibility index (Phi) is 9.42. The Morgan fingerprint density at radius 2 is 1.70 bits per heavy atom. The van der Waals surface area contributed by atoms with Crippen molar-refractivity contribution in [1.29, 1.82) is 0 Å². The number of nitrogens with zero attached hydrogens (tertiary/aromatic N) is 4. The van der Waals surface area contributed by atoms with E-state index in [1.807, 2.05) is 29.2 Å². The molecule has 9 heteroatoms. The van der Waals surface area contributed by atoms with Crippen LogP contribution in [0.4, 0.5) is 15.8 Å². The van der Waals surface area contributed by atoms with Gasteiger partial charge in [-0.2, -0.15) is 0 Å². The normalized spacial score (nSPS) is 16.9. The number of anilines is 2. The number of hydrogen-bond acceptors (Lipinski definition) is 5. The summed E-state index contributed by atoms with van der Waals surface area (Å²) in [4.78, 5) is 11.1. The van der Waals surface area contributed by atoms with Gasteiger partial charge in [-0.25, -0.2) is 4.39 Å². The summed E-state index contributed by atoms with van der Waals surface area (Å²) in [6.07, 6.45) is 0. The van der Waals surface area contributed by atoms with Crippen molar-refractivity contribution in [3.8, 4) is 5.75 Å². The molecule has 180 valence electrons. The SMILES string of the molecule is CN=C(NCc1ccc(N2CCOCC2)c(F)c1)N1CCN(c2ccc(OC)cc2)CC1.I. The van der Waals surface area contributed by atoms with Crippen LogP contribution in [0.1, 0.15) is 5.56 Å². The van der Waals surface area contributed by atoms with E-state index >= 15 is 0 Å². The highest BCUT2D eigenvalue weighted by atomic mass is 127. The van der Waals surface area contributed by atoms with Gasteiger partial charge in [-0.3, -0.25) is 4.99 Å².